The van der Waals surface area contributed by atoms with Crippen molar-refractivity contribution in [1.82, 2.24) is 9.80 Å². The number of hydrogen-bond donors (Lipinski definition) is 1. The van der Waals surface area contributed by atoms with Crippen molar-refractivity contribution in [2.75, 3.05) is 31.6 Å². The average molecular weight is 480 g/mol. The van der Waals surface area contributed by atoms with E-state index >= 15 is 0 Å². The molecule has 0 aliphatic heterocycles. The molecule has 2 amide bonds. The Hall–Kier alpha value is -1.95. The van der Waals surface area contributed by atoms with Crippen LogP contribution in [0.1, 0.15) is 46.1 Å². The van der Waals surface area contributed by atoms with Crippen molar-refractivity contribution in [1.29, 1.82) is 0 Å². The van der Waals surface area contributed by atoms with Crippen molar-refractivity contribution < 1.29 is 9.53 Å². The van der Waals surface area contributed by atoms with E-state index in [0.29, 0.717) is 28.9 Å². The van der Waals surface area contributed by atoms with E-state index in [2.05, 4.69) is 31.0 Å². The molecule has 176 valence electrons. The predicted octanol–water partition coefficient (Wildman–Crippen LogP) is 6.94. The fourth-order valence-corrected chi connectivity index (χ4v) is 3.86. The Morgan fingerprint density at radius 1 is 1.03 bits per heavy atom. The lowest BCUT2D eigenvalue weighted by atomic mass is 10.1. The summed E-state index contributed by atoms with van der Waals surface area (Å²) in [5, 5.41) is 3.84. The highest BCUT2D eigenvalue weighted by atomic mass is 35.5. The quantitative estimate of drug-likeness (QED) is 0.358. The average Bonchev–Trinajstić information content (AvgIpc) is 2.78. The van der Waals surface area contributed by atoms with Crippen LogP contribution in [-0.4, -0.2) is 48.1 Å². The molecule has 1 atom stereocenters. The van der Waals surface area contributed by atoms with Crippen LogP contribution in [0.15, 0.2) is 42.5 Å². The van der Waals surface area contributed by atoms with Gasteiger partial charge in [0, 0.05) is 18.3 Å². The van der Waals surface area contributed by atoms with Crippen LogP contribution in [0.2, 0.25) is 10.0 Å². The van der Waals surface area contributed by atoms with E-state index in [-0.39, 0.29) is 12.1 Å². The number of carbonyl (C=O) groups excluding carboxylic acids is 1. The van der Waals surface area contributed by atoms with Crippen molar-refractivity contribution >= 4 is 34.9 Å². The Kier molecular flexibility index (Phi) is 11.1. The molecule has 2 aromatic carbocycles. The minimum atomic E-state index is -0.160. The number of anilines is 1. The molecule has 0 saturated carbocycles. The monoisotopic (exact) mass is 479 g/mol. The maximum atomic E-state index is 13.2. The van der Waals surface area contributed by atoms with Crippen LogP contribution in [0.3, 0.4) is 0 Å². The highest BCUT2D eigenvalue weighted by Gasteiger charge is 2.21. The summed E-state index contributed by atoms with van der Waals surface area (Å²) in [5.41, 5.74) is 1.67. The topological polar surface area (TPSA) is 44.8 Å². The summed E-state index contributed by atoms with van der Waals surface area (Å²) in [4.78, 5) is 17.5. The Bertz CT molecular complexity index is 842. The summed E-state index contributed by atoms with van der Waals surface area (Å²) in [5.74, 6) is 0.829. The number of rotatable bonds is 12. The largest absolute Gasteiger partial charge is 0.494 e. The number of hydrogen-bond acceptors (Lipinski definition) is 3. The van der Waals surface area contributed by atoms with E-state index in [1.807, 2.05) is 36.1 Å². The molecule has 32 heavy (non-hydrogen) atoms. The predicted molar refractivity (Wildman–Crippen MR) is 135 cm³/mol. The highest BCUT2D eigenvalue weighted by molar-refractivity contribution is 6.42. The second kappa shape index (κ2) is 13.6. The van der Waals surface area contributed by atoms with Crippen molar-refractivity contribution in [3.05, 3.63) is 58.1 Å². The minimum Gasteiger partial charge on any atom is -0.494 e. The van der Waals surface area contributed by atoms with Crippen molar-refractivity contribution in [3.63, 3.8) is 0 Å². The van der Waals surface area contributed by atoms with Crippen LogP contribution in [0.4, 0.5) is 10.5 Å². The molecule has 0 spiro atoms. The number of nitrogens with one attached hydrogen (secondary N) is 1. The Balaban J connectivity index is 2.12. The molecule has 1 N–H and O–H groups in total. The van der Waals surface area contributed by atoms with Gasteiger partial charge in [0.2, 0.25) is 0 Å². The molecular formula is C25H35Cl2N3O2. The summed E-state index contributed by atoms with van der Waals surface area (Å²) in [7, 11) is 0. The number of carbonyl (C=O) groups is 1. The van der Waals surface area contributed by atoms with Crippen LogP contribution < -0.4 is 10.1 Å². The molecular weight excluding hydrogens is 445 g/mol. The molecule has 0 radical (unpaired) electrons. The molecule has 7 heteroatoms. The SMILES string of the molecule is CCOc1ccc(CN(C(=O)Nc2ccc(Cl)c(Cl)c2)C(C)CCCN(CC)CC)cc1. The van der Waals surface area contributed by atoms with E-state index in [1.165, 1.54) is 0 Å². The Morgan fingerprint density at radius 2 is 1.72 bits per heavy atom. The van der Waals surface area contributed by atoms with E-state index in [1.54, 1.807) is 18.2 Å². The lowest BCUT2D eigenvalue weighted by molar-refractivity contribution is 0.181. The van der Waals surface area contributed by atoms with E-state index < -0.39 is 0 Å². The van der Waals surface area contributed by atoms with Gasteiger partial charge in [-0.15, -0.1) is 0 Å². The van der Waals surface area contributed by atoms with Gasteiger partial charge >= 0.3 is 6.03 Å². The van der Waals surface area contributed by atoms with E-state index in [0.717, 1.165) is 43.8 Å². The summed E-state index contributed by atoms with van der Waals surface area (Å²) < 4.78 is 5.54. The normalized spacial score (nSPS) is 12.0. The lowest BCUT2D eigenvalue weighted by Crippen LogP contribution is -2.41. The lowest BCUT2D eigenvalue weighted by Gasteiger charge is -2.30. The molecule has 1 unspecified atom stereocenters. The first-order valence-electron chi connectivity index (χ1n) is 11.3. The van der Waals surface area contributed by atoms with Gasteiger partial charge in [-0.1, -0.05) is 49.2 Å². The molecule has 0 aliphatic carbocycles. The minimum absolute atomic E-state index is 0.0694. The number of nitrogens with zero attached hydrogens (tertiary/aromatic N) is 2. The van der Waals surface area contributed by atoms with Crippen molar-refractivity contribution in [2.24, 2.45) is 0 Å². The van der Waals surface area contributed by atoms with Gasteiger partial charge in [0.1, 0.15) is 5.75 Å². The molecule has 0 bridgehead atoms. The first-order chi connectivity index (χ1) is 15.4. The summed E-state index contributed by atoms with van der Waals surface area (Å²) in [6.07, 6.45) is 1.95. The molecule has 0 heterocycles. The molecule has 0 saturated heterocycles. The van der Waals surface area contributed by atoms with Crippen LogP contribution in [0.25, 0.3) is 0 Å². The fourth-order valence-electron chi connectivity index (χ4n) is 3.56. The zero-order valence-electron chi connectivity index (χ0n) is 19.5. The Labute approximate surface area is 202 Å². The van der Waals surface area contributed by atoms with Gasteiger partial charge in [0.25, 0.3) is 0 Å². The second-order valence-electron chi connectivity index (χ2n) is 7.78. The van der Waals surface area contributed by atoms with E-state index in [9.17, 15) is 4.79 Å². The van der Waals surface area contributed by atoms with Crippen LogP contribution in [0.5, 0.6) is 5.75 Å². The number of urea groups is 1. The zero-order chi connectivity index (χ0) is 23.5. The van der Waals surface area contributed by atoms with Crippen molar-refractivity contribution in [3.8, 4) is 5.75 Å². The number of benzene rings is 2. The number of halogens is 2. The molecule has 2 rings (SSSR count). The van der Waals surface area contributed by atoms with Crippen LogP contribution in [-0.2, 0) is 6.54 Å². The summed E-state index contributed by atoms with van der Waals surface area (Å²) >= 11 is 12.1. The highest BCUT2D eigenvalue weighted by Crippen LogP contribution is 2.26. The van der Waals surface area contributed by atoms with Crippen molar-refractivity contribution in [2.45, 2.75) is 53.1 Å². The summed E-state index contributed by atoms with van der Waals surface area (Å²) in [6.45, 7) is 12.7. The number of amides is 2. The molecule has 5 nitrogen and oxygen atoms in total. The van der Waals surface area contributed by atoms with Gasteiger partial charge in [0.15, 0.2) is 0 Å². The number of ether oxygens (including phenoxy) is 1. The van der Waals surface area contributed by atoms with Gasteiger partial charge in [-0.05, 0) is 82.2 Å². The fraction of sp³-hybridized carbons (Fsp3) is 0.480. The maximum absolute atomic E-state index is 13.2. The zero-order valence-corrected chi connectivity index (χ0v) is 21.0. The van der Waals surface area contributed by atoms with Gasteiger partial charge in [0.05, 0.1) is 16.7 Å². The smallest absolute Gasteiger partial charge is 0.322 e. The Morgan fingerprint density at radius 3 is 2.31 bits per heavy atom. The molecule has 0 fully saturated rings. The van der Waals surface area contributed by atoms with Gasteiger partial charge < -0.3 is 19.9 Å². The van der Waals surface area contributed by atoms with E-state index in [4.69, 9.17) is 27.9 Å². The van der Waals surface area contributed by atoms with Gasteiger partial charge in [-0.2, -0.15) is 0 Å². The maximum Gasteiger partial charge on any atom is 0.322 e. The first kappa shape index (κ1) is 26.3. The third-order valence-corrected chi connectivity index (χ3v) is 6.28. The second-order valence-corrected chi connectivity index (χ2v) is 8.60. The van der Waals surface area contributed by atoms with Gasteiger partial charge in [-0.3, -0.25) is 0 Å². The third-order valence-electron chi connectivity index (χ3n) is 5.54. The molecule has 2 aromatic rings. The van der Waals surface area contributed by atoms with Crippen LogP contribution >= 0.6 is 23.2 Å². The van der Waals surface area contributed by atoms with Gasteiger partial charge in [-0.25, -0.2) is 4.79 Å². The van der Waals surface area contributed by atoms with Crippen LogP contribution in [0, 0.1) is 0 Å². The summed E-state index contributed by atoms with van der Waals surface area (Å²) in [6, 6.07) is 12.9. The third kappa shape index (κ3) is 8.19. The first-order valence-corrected chi connectivity index (χ1v) is 12.1. The standard InChI is InChI=1S/C25H35Cl2N3O2/c1-5-29(6-2)16-8-9-19(4)30(18-20-10-13-22(14-11-20)32-7-3)25(31)28-21-12-15-23(26)24(27)17-21/h10-15,17,19H,5-9,16,18H2,1-4H3,(H,28,31). The molecule has 0 aromatic heterocycles. The molecule has 0 aliphatic rings.